The van der Waals surface area contributed by atoms with Crippen LogP contribution in [-0.4, -0.2) is 65.8 Å². The van der Waals surface area contributed by atoms with E-state index in [1.54, 1.807) is 0 Å². The molecule has 1 aromatic rings. The summed E-state index contributed by atoms with van der Waals surface area (Å²) in [5.41, 5.74) is 0.364. The summed E-state index contributed by atoms with van der Waals surface area (Å²) < 4.78 is 37.9. The second-order valence-corrected chi connectivity index (χ2v) is 6.86. The third-order valence-corrected chi connectivity index (χ3v) is 4.49. The summed E-state index contributed by atoms with van der Waals surface area (Å²) in [5, 5.41) is 8.72. The highest BCUT2D eigenvalue weighted by Gasteiger charge is 2.23. The summed E-state index contributed by atoms with van der Waals surface area (Å²) in [6, 6.07) is 2.83. The standard InChI is InChI=1S/C15H22N2O6S.ClH/c1-17(2)8-7-16-24(20,21)13-10-11(5-6-14(18)19)9-12(22-3)15(13)23-4;/h5-6,9-10,16H,7-8H2,1-4H3,(H,18,19);1H/b6-5+;. The van der Waals surface area contributed by atoms with Gasteiger partial charge in [-0.3, -0.25) is 0 Å². The number of rotatable bonds is 9. The molecule has 0 atom stereocenters. The first-order chi connectivity index (χ1) is 11.2. The van der Waals surface area contributed by atoms with Crippen LogP contribution in [0.25, 0.3) is 6.08 Å². The molecule has 0 saturated heterocycles. The Kier molecular flexibility index (Phi) is 9.50. The van der Waals surface area contributed by atoms with E-state index in [2.05, 4.69) is 4.72 Å². The number of benzene rings is 1. The van der Waals surface area contributed by atoms with E-state index in [1.165, 1.54) is 32.4 Å². The number of methoxy groups -OCH3 is 2. The normalized spacial score (nSPS) is 11.4. The van der Waals surface area contributed by atoms with Crippen molar-refractivity contribution in [1.82, 2.24) is 9.62 Å². The topological polar surface area (TPSA) is 105 Å². The molecule has 0 aliphatic heterocycles. The maximum Gasteiger partial charge on any atom is 0.328 e. The van der Waals surface area contributed by atoms with Crippen LogP contribution in [0.5, 0.6) is 11.5 Å². The first kappa shape index (κ1) is 23.2. The molecule has 0 aromatic heterocycles. The van der Waals surface area contributed by atoms with E-state index < -0.39 is 16.0 Å². The molecule has 0 radical (unpaired) electrons. The lowest BCUT2D eigenvalue weighted by atomic mass is 10.2. The molecule has 0 unspecified atom stereocenters. The number of halogens is 1. The van der Waals surface area contributed by atoms with Crippen LogP contribution in [0.4, 0.5) is 0 Å². The van der Waals surface area contributed by atoms with Crippen molar-refractivity contribution in [2.75, 3.05) is 41.4 Å². The average Bonchev–Trinajstić information content (AvgIpc) is 2.51. The molecule has 2 N–H and O–H groups in total. The first-order valence-corrected chi connectivity index (χ1v) is 8.51. The number of aliphatic carboxylic acids is 1. The number of sulfonamides is 1. The summed E-state index contributed by atoms with van der Waals surface area (Å²) in [4.78, 5) is 12.4. The van der Waals surface area contributed by atoms with Gasteiger partial charge >= 0.3 is 5.97 Å². The Morgan fingerprint density at radius 1 is 1.28 bits per heavy atom. The van der Waals surface area contributed by atoms with Gasteiger partial charge in [0.05, 0.1) is 14.2 Å². The van der Waals surface area contributed by atoms with Crippen molar-refractivity contribution >= 4 is 34.5 Å². The lowest BCUT2D eigenvalue weighted by Gasteiger charge is -2.16. The lowest BCUT2D eigenvalue weighted by molar-refractivity contribution is -0.131. The summed E-state index contributed by atoms with van der Waals surface area (Å²) in [6.45, 7) is 0.743. The summed E-state index contributed by atoms with van der Waals surface area (Å²) >= 11 is 0. The lowest BCUT2D eigenvalue weighted by Crippen LogP contribution is -2.31. The second kappa shape index (κ2) is 10.2. The molecule has 0 saturated carbocycles. The van der Waals surface area contributed by atoms with Gasteiger partial charge in [-0.2, -0.15) is 0 Å². The zero-order valence-electron chi connectivity index (χ0n) is 14.5. The summed E-state index contributed by atoms with van der Waals surface area (Å²) in [5.74, 6) is -0.890. The average molecular weight is 395 g/mol. The highest BCUT2D eigenvalue weighted by molar-refractivity contribution is 7.89. The molecule has 0 fully saturated rings. The molecular formula is C15H23ClN2O6S. The van der Waals surface area contributed by atoms with Crippen LogP contribution in [0, 0.1) is 0 Å². The molecule has 0 heterocycles. The molecule has 0 aliphatic carbocycles. The van der Waals surface area contributed by atoms with E-state index in [-0.39, 0.29) is 35.3 Å². The highest BCUT2D eigenvalue weighted by Crippen LogP contribution is 2.35. The maximum atomic E-state index is 12.5. The van der Waals surface area contributed by atoms with Crippen molar-refractivity contribution in [2.24, 2.45) is 0 Å². The Morgan fingerprint density at radius 3 is 2.40 bits per heavy atom. The number of ether oxygens (including phenoxy) is 2. The van der Waals surface area contributed by atoms with Gasteiger partial charge < -0.3 is 19.5 Å². The largest absolute Gasteiger partial charge is 0.493 e. The van der Waals surface area contributed by atoms with Crippen LogP contribution in [0.1, 0.15) is 5.56 Å². The molecule has 1 aromatic carbocycles. The molecule has 0 amide bonds. The Hall–Kier alpha value is -1.81. The molecule has 10 heteroatoms. The van der Waals surface area contributed by atoms with Crippen molar-refractivity contribution in [1.29, 1.82) is 0 Å². The van der Waals surface area contributed by atoms with E-state index in [1.807, 2.05) is 19.0 Å². The minimum Gasteiger partial charge on any atom is -0.493 e. The summed E-state index contributed by atoms with van der Waals surface area (Å²) in [7, 11) is 2.51. The number of nitrogens with one attached hydrogen (secondary N) is 1. The minimum absolute atomic E-state index is 0. The van der Waals surface area contributed by atoms with Crippen molar-refractivity contribution in [3.05, 3.63) is 23.8 Å². The Balaban J connectivity index is 0.00000576. The first-order valence-electron chi connectivity index (χ1n) is 7.02. The molecular weight excluding hydrogens is 372 g/mol. The predicted octanol–water partition coefficient (Wildman–Crippen LogP) is 1.06. The Morgan fingerprint density at radius 2 is 1.92 bits per heavy atom. The molecule has 142 valence electrons. The van der Waals surface area contributed by atoms with Crippen molar-refractivity contribution in [2.45, 2.75) is 4.90 Å². The van der Waals surface area contributed by atoms with Gasteiger partial charge in [0.15, 0.2) is 11.5 Å². The van der Waals surface area contributed by atoms with Gasteiger partial charge in [0.2, 0.25) is 10.0 Å². The van der Waals surface area contributed by atoms with Gasteiger partial charge in [-0.1, -0.05) is 0 Å². The van der Waals surface area contributed by atoms with E-state index >= 15 is 0 Å². The molecule has 8 nitrogen and oxygen atoms in total. The van der Waals surface area contributed by atoms with Gasteiger partial charge in [0.25, 0.3) is 0 Å². The third-order valence-electron chi connectivity index (χ3n) is 3.03. The molecule has 25 heavy (non-hydrogen) atoms. The number of hydrogen-bond donors (Lipinski definition) is 2. The Labute approximate surface area is 153 Å². The van der Waals surface area contributed by atoms with E-state index in [4.69, 9.17) is 14.6 Å². The van der Waals surface area contributed by atoms with E-state index in [0.29, 0.717) is 12.1 Å². The number of hydrogen-bond acceptors (Lipinski definition) is 6. The van der Waals surface area contributed by atoms with Gasteiger partial charge in [-0.05, 0) is 37.9 Å². The molecule has 0 spiro atoms. The van der Waals surface area contributed by atoms with Crippen molar-refractivity contribution in [3.8, 4) is 11.5 Å². The van der Waals surface area contributed by atoms with E-state index in [9.17, 15) is 13.2 Å². The number of carbonyl (C=O) groups is 1. The SMILES string of the molecule is COc1cc(/C=C/C(=O)O)cc(S(=O)(=O)NCCN(C)C)c1OC.Cl. The fourth-order valence-corrected chi connectivity index (χ4v) is 3.13. The number of carboxylic acids is 1. The molecule has 0 bridgehead atoms. The fourth-order valence-electron chi connectivity index (χ4n) is 1.89. The van der Waals surface area contributed by atoms with Gasteiger partial charge in [-0.15, -0.1) is 12.4 Å². The van der Waals surface area contributed by atoms with Gasteiger partial charge in [0.1, 0.15) is 4.90 Å². The zero-order valence-corrected chi connectivity index (χ0v) is 16.1. The third kappa shape index (κ3) is 6.91. The predicted molar refractivity (Wildman–Crippen MR) is 97.2 cm³/mol. The molecule has 0 aliphatic rings. The van der Waals surface area contributed by atoms with Crippen LogP contribution >= 0.6 is 12.4 Å². The smallest absolute Gasteiger partial charge is 0.328 e. The van der Waals surface area contributed by atoms with E-state index in [0.717, 1.165) is 6.08 Å². The minimum atomic E-state index is -3.86. The monoisotopic (exact) mass is 394 g/mol. The molecule has 1 rings (SSSR count). The van der Waals surface area contributed by atoms with Crippen LogP contribution in [0.2, 0.25) is 0 Å². The number of nitrogens with zero attached hydrogens (tertiary/aromatic N) is 1. The van der Waals surface area contributed by atoms with Crippen molar-refractivity contribution in [3.63, 3.8) is 0 Å². The second-order valence-electron chi connectivity index (χ2n) is 5.13. The highest BCUT2D eigenvalue weighted by atomic mass is 35.5. The van der Waals surface area contributed by atoms with Crippen LogP contribution in [0.15, 0.2) is 23.1 Å². The number of carboxylic acid groups (broad SMARTS) is 1. The maximum absolute atomic E-state index is 12.5. The van der Waals surface area contributed by atoms with Crippen LogP contribution < -0.4 is 14.2 Å². The van der Waals surface area contributed by atoms with Crippen molar-refractivity contribution < 1.29 is 27.8 Å². The summed E-state index contributed by atoms with van der Waals surface area (Å²) in [6.07, 6.45) is 2.19. The van der Waals surface area contributed by atoms with Gasteiger partial charge in [-0.25, -0.2) is 17.9 Å². The van der Waals surface area contributed by atoms with Crippen LogP contribution in [0.3, 0.4) is 0 Å². The Bertz CT molecular complexity index is 719. The quantitative estimate of drug-likeness (QED) is 0.603. The number of likely N-dealkylation sites (N-methyl/N-ethyl adjacent to an activating group) is 1. The fraction of sp³-hybridized carbons (Fsp3) is 0.400. The van der Waals surface area contributed by atoms with Crippen LogP contribution in [-0.2, 0) is 14.8 Å². The zero-order chi connectivity index (χ0) is 18.3. The van der Waals surface area contributed by atoms with Gasteiger partial charge in [0, 0.05) is 19.2 Å².